The normalized spacial score (nSPS) is 11.7. The number of hydrogen-bond acceptors (Lipinski definition) is 0. The van der Waals surface area contributed by atoms with Crippen LogP contribution in [0.15, 0.2) is 12.2 Å². The highest BCUT2D eigenvalue weighted by Crippen LogP contribution is 2.12. The van der Waals surface area contributed by atoms with Gasteiger partial charge in [-0.2, -0.15) is 0 Å². The fourth-order valence-electron chi connectivity index (χ4n) is 1.31. The van der Waals surface area contributed by atoms with Crippen LogP contribution < -0.4 is 0 Å². The summed E-state index contributed by atoms with van der Waals surface area (Å²) in [6.07, 6.45) is 14.3. The van der Waals surface area contributed by atoms with Gasteiger partial charge < -0.3 is 0 Å². The van der Waals surface area contributed by atoms with Crippen molar-refractivity contribution in [1.82, 2.24) is 0 Å². The molecule has 0 aromatic rings. The predicted octanol–water partition coefficient (Wildman–Crippen LogP) is 5.49. The molecular weight excluding hydrogens is 215 g/mol. The molecule has 0 aromatic heterocycles. The molecule has 0 aliphatic heterocycles. The van der Waals surface area contributed by atoms with Crippen LogP contribution in [-0.4, -0.2) is 4.84 Å². The van der Waals surface area contributed by atoms with Crippen molar-refractivity contribution in [2.24, 2.45) is 0 Å². The summed E-state index contributed by atoms with van der Waals surface area (Å²) in [5, 5.41) is 0. The molecule has 0 spiro atoms. The minimum Gasteiger partial charge on any atom is -0.105 e. The molecule has 0 heterocycles. The standard InChI is InChI=1S/C12H22Cl2/c1-2-3-4-5-6-7-8-9-10-11-12(13)14/h6-7,12H,2-5,8-11H2,1H3. The summed E-state index contributed by atoms with van der Waals surface area (Å²) < 4.78 is 0. The molecule has 0 amide bonds. The fraction of sp³-hybridized carbons (Fsp3) is 0.833. The molecule has 0 radical (unpaired) electrons. The van der Waals surface area contributed by atoms with Crippen LogP contribution in [0.25, 0.3) is 0 Å². The highest BCUT2D eigenvalue weighted by molar-refractivity contribution is 6.44. The van der Waals surface area contributed by atoms with Gasteiger partial charge in [-0.05, 0) is 32.1 Å². The SMILES string of the molecule is CCCCCC=CCCCCC(Cl)Cl. The number of halogens is 2. The zero-order chi connectivity index (χ0) is 10.6. The number of hydrogen-bond donors (Lipinski definition) is 0. The van der Waals surface area contributed by atoms with Crippen molar-refractivity contribution in [3.05, 3.63) is 12.2 Å². The van der Waals surface area contributed by atoms with Gasteiger partial charge in [0.1, 0.15) is 4.84 Å². The molecular formula is C12H22Cl2. The molecule has 2 heteroatoms. The lowest BCUT2D eigenvalue weighted by Crippen LogP contribution is -1.85. The molecule has 14 heavy (non-hydrogen) atoms. The molecule has 0 aromatic carbocycles. The van der Waals surface area contributed by atoms with E-state index < -0.39 is 0 Å². The van der Waals surface area contributed by atoms with Crippen LogP contribution in [0.3, 0.4) is 0 Å². The van der Waals surface area contributed by atoms with E-state index in [-0.39, 0.29) is 4.84 Å². The van der Waals surface area contributed by atoms with Crippen LogP contribution >= 0.6 is 23.2 Å². The summed E-state index contributed by atoms with van der Waals surface area (Å²) in [6.45, 7) is 2.23. The van der Waals surface area contributed by atoms with Gasteiger partial charge in [0.05, 0.1) is 0 Å². The predicted molar refractivity (Wildman–Crippen MR) is 67.2 cm³/mol. The maximum Gasteiger partial charge on any atom is 0.107 e. The molecule has 0 atom stereocenters. The highest BCUT2D eigenvalue weighted by Gasteiger charge is 1.96. The first-order chi connectivity index (χ1) is 6.77. The Bertz CT molecular complexity index is 130. The lowest BCUT2D eigenvalue weighted by molar-refractivity contribution is 0.709. The summed E-state index contributed by atoms with van der Waals surface area (Å²) in [7, 11) is 0. The monoisotopic (exact) mass is 236 g/mol. The third kappa shape index (κ3) is 12.3. The minimum atomic E-state index is -0.177. The summed E-state index contributed by atoms with van der Waals surface area (Å²) in [5.41, 5.74) is 0. The summed E-state index contributed by atoms with van der Waals surface area (Å²) in [5.74, 6) is 0. The van der Waals surface area contributed by atoms with Gasteiger partial charge in [-0.1, -0.05) is 38.3 Å². The lowest BCUT2D eigenvalue weighted by atomic mass is 10.1. The smallest absolute Gasteiger partial charge is 0.105 e. The molecule has 0 saturated carbocycles. The first kappa shape index (κ1) is 14.3. The van der Waals surface area contributed by atoms with E-state index in [0.717, 1.165) is 12.8 Å². The van der Waals surface area contributed by atoms with Crippen LogP contribution in [0.1, 0.15) is 58.3 Å². The summed E-state index contributed by atoms with van der Waals surface area (Å²) >= 11 is 11.2. The van der Waals surface area contributed by atoms with Crippen LogP contribution in [0.4, 0.5) is 0 Å². The molecule has 0 aliphatic rings. The molecule has 0 unspecified atom stereocenters. The van der Waals surface area contributed by atoms with Gasteiger partial charge in [0, 0.05) is 0 Å². The molecule has 0 N–H and O–H groups in total. The average molecular weight is 237 g/mol. The average Bonchev–Trinajstić information content (AvgIpc) is 2.15. The zero-order valence-electron chi connectivity index (χ0n) is 9.14. The largest absolute Gasteiger partial charge is 0.107 e. The van der Waals surface area contributed by atoms with Crippen LogP contribution in [0.2, 0.25) is 0 Å². The van der Waals surface area contributed by atoms with Crippen LogP contribution in [0.5, 0.6) is 0 Å². The van der Waals surface area contributed by atoms with E-state index in [1.54, 1.807) is 0 Å². The minimum absolute atomic E-state index is 0.177. The quantitative estimate of drug-likeness (QED) is 0.282. The first-order valence-corrected chi connectivity index (χ1v) is 6.57. The van der Waals surface area contributed by atoms with E-state index in [1.165, 1.54) is 38.5 Å². The Hall–Kier alpha value is 0.320. The van der Waals surface area contributed by atoms with E-state index in [4.69, 9.17) is 23.2 Å². The second-order valence-corrected chi connectivity index (χ2v) is 4.92. The van der Waals surface area contributed by atoms with E-state index >= 15 is 0 Å². The van der Waals surface area contributed by atoms with Gasteiger partial charge in [0.25, 0.3) is 0 Å². The van der Waals surface area contributed by atoms with Crippen LogP contribution in [0, 0.1) is 0 Å². The Labute approximate surface area is 98.7 Å². The van der Waals surface area contributed by atoms with Gasteiger partial charge in [0.2, 0.25) is 0 Å². The molecule has 0 bridgehead atoms. The maximum atomic E-state index is 5.62. The van der Waals surface area contributed by atoms with Crippen molar-refractivity contribution < 1.29 is 0 Å². The van der Waals surface area contributed by atoms with Crippen molar-refractivity contribution in [3.63, 3.8) is 0 Å². The van der Waals surface area contributed by atoms with E-state index in [1.807, 2.05) is 0 Å². The lowest BCUT2D eigenvalue weighted by Gasteiger charge is -1.98. The van der Waals surface area contributed by atoms with E-state index in [0.29, 0.717) is 0 Å². The van der Waals surface area contributed by atoms with Gasteiger partial charge in [-0.3, -0.25) is 0 Å². The maximum absolute atomic E-state index is 5.62. The highest BCUT2D eigenvalue weighted by atomic mass is 35.5. The van der Waals surface area contributed by atoms with Gasteiger partial charge in [-0.15, -0.1) is 23.2 Å². The van der Waals surface area contributed by atoms with Crippen molar-refractivity contribution in [1.29, 1.82) is 0 Å². The molecule has 0 rings (SSSR count). The number of rotatable bonds is 9. The molecule has 0 nitrogen and oxygen atoms in total. The van der Waals surface area contributed by atoms with E-state index in [9.17, 15) is 0 Å². The number of unbranched alkanes of at least 4 members (excludes halogenated alkanes) is 5. The molecule has 0 aliphatic carbocycles. The van der Waals surface area contributed by atoms with Gasteiger partial charge in [-0.25, -0.2) is 0 Å². The Morgan fingerprint density at radius 1 is 0.929 bits per heavy atom. The van der Waals surface area contributed by atoms with Crippen molar-refractivity contribution in [3.8, 4) is 0 Å². The van der Waals surface area contributed by atoms with Crippen molar-refractivity contribution >= 4 is 23.2 Å². The number of alkyl halides is 2. The Morgan fingerprint density at radius 2 is 1.50 bits per heavy atom. The summed E-state index contributed by atoms with van der Waals surface area (Å²) in [4.78, 5) is -0.177. The second kappa shape index (κ2) is 11.4. The van der Waals surface area contributed by atoms with Crippen molar-refractivity contribution in [2.45, 2.75) is 63.1 Å². The molecule has 0 saturated heterocycles. The van der Waals surface area contributed by atoms with Crippen LogP contribution in [-0.2, 0) is 0 Å². The fourth-order valence-corrected chi connectivity index (χ4v) is 1.62. The number of allylic oxidation sites excluding steroid dienone is 2. The summed E-state index contributed by atoms with van der Waals surface area (Å²) in [6, 6.07) is 0. The molecule has 0 fully saturated rings. The third-order valence-corrected chi connectivity index (χ3v) is 2.62. The van der Waals surface area contributed by atoms with Gasteiger partial charge >= 0.3 is 0 Å². The van der Waals surface area contributed by atoms with Crippen molar-refractivity contribution in [2.75, 3.05) is 0 Å². The van der Waals surface area contributed by atoms with E-state index in [2.05, 4.69) is 19.1 Å². The second-order valence-electron chi connectivity index (χ2n) is 3.64. The third-order valence-electron chi connectivity index (χ3n) is 2.18. The Morgan fingerprint density at radius 3 is 2.00 bits per heavy atom. The first-order valence-electron chi connectivity index (χ1n) is 5.70. The topological polar surface area (TPSA) is 0 Å². The van der Waals surface area contributed by atoms with Gasteiger partial charge in [0.15, 0.2) is 0 Å². The molecule has 84 valence electrons. The zero-order valence-corrected chi connectivity index (χ0v) is 10.7. The Balaban J connectivity index is 3.03. The Kier molecular flexibility index (Phi) is 11.7.